The zero-order valence-electron chi connectivity index (χ0n) is 18.5. The van der Waals surface area contributed by atoms with Crippen LogP contribution in [0.25, 0.3) is 0 Å². The Bertz CT molecular complexity index is 1190. The summed E-state index contributed by atoms with van der Waals surface area (Å²) in [5.74, 6) is 1.48. The number of allylic oxidation sites excluding steroid dienone is 2. The molecule has 0 aromatic heterocycles. The van der Waals surface area contributed by atoms with Crippen LogP contribution >= 0.6 is 11.8 Å². The highest BCUT2D eigenvalue weighted by atomic mass is 32.2. The van der Waals surface area contributed by atoms with Crippen molar-refractivity contribution >= 4 is 23.4 Å². The topological polar surface area (TPSA) is 38.8 Å². The van der Waals surface area contributed by atoms with E-state index < -0.39 is 6.10 Å². The highest BCUT2D eigenvalue weighted by Gasteiger charge is 2.54. The Morgan fingerprint density at radius 3 is 2.30 bits per heavy atom. The van der Waals surface area contributed by atoms with Crippen molar-refractivity contribution in [3.8, 4) is 11.5 Å². The van der Waals surface area contributed by atoms with E-state index in [0.717, 1.165) is 11.4 Å². The van der Waals surface area contributed by atoms with Gasteiger partial charge >= 0.3 is 0 Å². The zero-order valence-corrected chi connectivity index (χ0v) is 19.4. The van der Waals surface area contributed by atoms with E-state index in [1.807, 2.05) is 59.5 Å². The van der Waals surface area contributed by atoms with Crippen LogP contribution in [0.3, 0.4) is 0 Å². The quantitative estimate of drug-likeness (QED) is 0.408. The van der Waals surface area contributed by atoms with Gasteiger partial charge in [0.1, 0.15) is 11.5 Å². The van der Waals surface area contributed by atoms with Gasteiger partial charge < -0.3 is 14.4 Å². The Kier molecular flexibility index (Phi) is 5.97. The number of nitrogens with zero attached hydrogens (tertiary/aromatic N) is 1. The fourth-order valence-corrected chi connectivity index (χ4v) is 5.29. The first-order chi connectivity index (χ1) is 16.1. The summed E-state index contributed by atoms with van der Waals surface area (Å²) >= 11 is 1.74. The third-order valence-electron chi connectivity index (χ3n) is 5.98. The van der Waals surface area contributed by atoms with Gasteiger partial charge in [0, 0.05) is 16.5 Å². The maximum absolute atomic E-state index is 13.3. The average molecular weight is 456 g/mol. The molecule has 4 nitrogen and oxygen atoms in total. The van der Waals surface area contributed by atoms with E-state index >= 15 is 0 Å². The molecule has 1 unspecified atom stereocenters. The number of para-hydroxylation sites is 1. The van der Waals surface area contributed by atoms with E-state index in [0.29, 0.717) is 5.75 Å². The van der Waals surface area contributed by atoms with Gasteiger partial charge in [0.2, 0.25) is 0 Å². The van der Waals surface area contributed by atoms with E-state index in [-0.39, 0.29) is 17.9 Å². The molecule has 0 spiro atoms. The summed E-state index contributed by atoms with van der Waals surface area (Å²) in [7, 11) is 1.64. The lowest BCUT2D eigenvalue weighted by Crippen LogP contribution is -2.69. The van der Waals surface area contributed by atoms with E-state index in [1.54, 1.807) is 18.9 Å². The summed E-state index contributed by atoms with van der Waals surface area (Å²) in [6.07, 6.45) is 5.84. The Hall–Kier alpha value is -3.44. The summed E-state index contributed by atoms with van der Waals surface area (Å²) in [4.78, 5) is 17.6. The van der Waals surface area contributed by atoms with Crippen LogP contribution in [0.5, 0.6) is 11.5 Å². The summed E-state index contributed by atoms with van der Waals surface area (Å²) in [5.41, 5.74) is 2.08. The summed E-state index contributed by atoms with van der Waals surface area (Å²) < 4.78 is 11.5. The van der Waals surface area contributed by atoms with Crippen LogP contribution in [0.1, 0.15) is 5.56 Å². The highest BCUT2D eigenvalue weighted by molar-refractivity contribution is 8.03. The predicted molar refractivity (Wildman–Crippen MR) is 133 cm³/mol. The van der Waals surface area contributed by atoms with Gasteiger partial charge in [-0.3, -0.25) is 4.79 Å². The molecule has 0 bridgehead atoms. The maximum Gasteiger partial charge on any atom is 0.270 e. The third kappa shape index (κ3) is 4.29. The highest BCUT2D eigenvalue weighted by Crippen LogP contribution is 2.45. The molecule has 166 valence electrons. The second-order valence-corrected chi connectivity index (χ2v) is 9.29. The van der Waals surface area contributed by atoms with Crippen LogP contribution in [-0.2, 0) is 4.79 Å². The molecule has 1 heterocycles. The lowest BCUT2D eigenvalue weighted by molar-refractivity contribution is -0.135. The number of β-lactam (4-membered cyclic amide) rings is 1. The third-order valence-corrected chi connectivity index (χ3v) is 7.13. The van der Waals surface area contributed by atoms with Gasteiger partial charge in [-0.15, -0.1) is 0 Å². The molecule has 3 aromatic carbocycles. The van der Waals surface area contributed by atoms with E-state index in [4.69, 9.17) is 9.47 Å². The number of methoxy groups -OCH3 is 1. The van der Waals surface area contributed by atoms with Crippen molar-refractivity contribution in [1.82, 2.24) is 0 Å². The first-order valence-corrected chi connectivity index (χ1v) is 11.8. The first kappa shape index (κ1) is 21.4. The molecule has 5 heteroatoms. The number of carbonyl (C=O) groups is 1. The number of hydrogen-bond donors (Lipinski definition) is 0. The van der Waals surface area contributed by atoms with Crippen LogP contribution in [0.2, 0.25) is 0 Å². The minimum atomic E-state index is -0.552. The van der Waals surface area contributed by atoms with Crippen molar-refractivity contribution in [3.63, 3.8) is 0 Å². The van der Waals surface area contributed by atoms with Crippen LogP contribution in [0.15, 0.2) is 107 Å². The van der Waals surface area contributed by atoms with Crippen molar-refractivity contribution < 1.29 is 14.3 Å². The van der Waals surface area contributed by atoms with Crippen molar-refractivity contribution in [3.05, 3.63) is 108 Å². The summed E-state index contributed by atoms with van der Waals surface area (Å²) in [6.45, 7) is 2.09. The largest absolute Gasteiger partial charge is 0.497 e. The number of rotatable bonds is 7. The normalized spacial score (nSPS) is 21.5. The molecule has 1 fully saturated rings. The van der Waals surface area contributed by atoms with Gasteiger partial charge in [0.05, 0.1) is 13.2 Å². The number of thioether (sulfide) groups is 1. The van der Waals surface area contributed by atoms with E-state index in [1.165, 1.54) is 15.4 Å². The lowest BCUT2D eigenvalue weighted by Gasteiger charge is -2.49. The summed E-state index contributed by atoms with van der Waals surface area (Å²) in [6, 6.07) is 25.6. The molecule has 0 saturated carbocycles. The van der Waals surface area contributed by atoms with Gasteiger partial charge in [-0.1, -0.05) is 65.9 Å². The van der Waals surface area contributed by atoms with Crippen molar-refractivity contribution in [2.75, 3.05) is 12.0 Å². The zero-order chi connectivity index (χ0) is 22.8. The fraction of sp³-hybridized carbons (Fsp3) is 0.179. The SMILES string of the molecule is COc1ccc(N2C(=O)[C@H](Oc3ccccc3)[C@@H]2C2C=CC=C2Sc2ccc(C)cc2)cc1. The van der Waals surface area contributed by atoms with Crippen LogP contribution in [0, 0.1) is 12.8 Å². The molecular weight excluding hydrogens is 430 g/mol. The Morgan fingerprint density at radius 2 is 1.61 bits per heavy atom. The molecule has 0 N–H and O–H groups in total. The van der Waals surface area contributed by atoms with E-state index in [2.05, 4.69) is 49.4 Å². The van der Waals surface area contributed by atoms with Gasteiger partial charge in [0.25, 0.3) is 5.91 Å². The molecule has 5 rings (SSSR count). The van der Waals surface area contributed by atoms with Crippen LogP contribution in [-0.4, -0.2) is 25.2 Å². The van der Waals surface area contributed by atoms with Crippen molar-refractivity contribution in [2.24, 2.45) is 5.92 Å². The molecule has 1 amide bonds. The number of ether oxygens (including phenoxy) is 2. The fourth-order valence-electron chi connectivity index (χ4n) is 4.24. The molecular formula is C28H25NO3S. The van der Waals surface area contributed by atoms with Gasteiger partial charge in [-0.2, -0.15) is 0 Å². The average Bonchev–Trinajstić information content (AvgIpc) is 3.30. The number of amides is 1. The van der Waals surface area contributed by atoms with Crippen molar-refractivity contribution in [1.29, 1.82) is 0 Å². The molecule has 3 aromatic rings. The number of carbonyl (C=O) groups excluding carboxylic acids is 1. The lowest BCUT2D eigenvalue weighted by atomic mass is 9.85. The van der Waals surface area contributed by atoms with Gasteiger partial charge in [-0.25, -0.2) is 0 Å². The molecule has 0 radical (unpaired) electrons. The number of benzene rings is 3. The smallest absolute Gasteiger partial charge is 0.270 e. The van der Waals surface area contributed by atoms with Gasteiger partial charge in [-0.05, 0) is 60.4 Å². The monoisotopic (exact) mass is 455 g/mol. The van der Waals surface area contributed by atoms with Crippen molar-refractivity contribution in [2.45, 2.75) is 24.0 Å². The van der Waals surface area contributed by atoms with Gasteiger partial charge in [0.15, 0.2) is 6.10 Å². The number of hydrogen-bond acceptors (Lipinski definition) is 4. The van der Waals surface area contributed by atoms with Crippen LogP contribution in [0.4, 0.5) is 5.69 Å². The molecule has 33 heavy (non-hydrogen) atoms. The second-order valence-electron chi connectivity index (χ2n) is 8.14. The van der Waals surface area contributed by atoms with Crippen LogP contribution < -0.4 is 14.4 Å². The molecule has 1 aliphatic carbocycles. The summed E-state index contributed by atoms with van der Waals surface area (Å²) in [5, 5.41) is 0. The predicted octanol–water partition coefficient (Wildman–Crippen LogP) is 6.03. The Balaban J connectivity index is 1.44. The molecule has 2 aliphatic rings. The molecule has 3 atom stereocenters. The molecule has 1 aliphatic heterocycles. The number of aryl methyl sites for hydroxylation is 1. The Morgan fingerprint density at radius 1 is 0.879 bits per heavy atom. The minimum absolute atomic E-state index is 0.0333. The molecule has 1 saturated heterocycles. The standard InChI is InChI=1S/C28H25NO3S/c1-19-11-17-23(18-12-19)33-25-10-6-9-24(25)26-27(32-22-7-4-3-5-8-22)28(30)29(26)20-13-15-21(31-2)16-14-20/h3-18,24,26-27H,1-2H3/t24?,26-,27+/m0/s1. The Labute approximate surface area is 198 Å². The van der Waals surface area contributed by atoms with E-state index in [9.17, 15) is 4.79 Å². The first-order valence-electron chi connectivity index (χ1n) is 11.0. The maximum atomic E-state index is 13.3. The number of anilines is 1. The second kappa shape index (κ2) is 9.20. The minimum Gasteiger partial charge on any atom is -0.497 e.